The maximum Gasteiger partial charge on any atom is 0.122 e. The summed E-state index contributed by atoms with van der Waals surface area (Å²) in [5, 5.41) is 10.1. The third-order valence-corrected chi connectivity index (χ3v) is 5.39. The fourth-order valence-electron chi connectivity index (χ4n) is 2.90. The highest BCUT2D eigenvalue weighted by molar-refractivity contribution is 7.99. The van der Waals surface area contributed by atoms with Crippen molar-refractivity contribution >= 4 is 11.8 Å². The minimum Gasteiger partial charge on any atom is -0.496 e. The average Bonchev–Trinajstić information content (AvgIpc) is 3.17. The lowest BCUT2D eigenvalue weighted by atomic mass is 9.91. The van der Waals surface area contributed by atoms with Gasteiger partial charge < -0.3 is 9.84 Å². The minimum absolute atomic E-state index is 0.450. The van der Waals surface area contributed by atoms with Crippen LogP contribution in [0.4, 0.5) is 0 Å². The summed E-state index contributed by atoms with van der Waals surface area (Å²) < 4.78 is 5.45. The maximum atomic E-state index is 10.1. The lowest BCUT2D eigenvalue weighted by Gasteiger charge is -2.23. The van der Waals surface area contributed by atoms with Crippen LogP contribution in [0.5, 0.6) is 5.75 Å². The van der Waals surface area contributed by atoms with Crippen LogP contribution in [-0.4, -0.2) is 29.3 Å². The van der Waals surface area contributed by atoms with Crippen LogP contribution in [-0.2, 0) is 6.42 Å². The molecule has 1 aliphatic heterocycles. The maximum absolute atomic E-state index is 10.1. The van der Waals surface area contributed by atoms with Gasteiger partial charge >= 0.3 is 0 Å². The first kappa shape index (κ1) is 13.3. The summed E-state index contributed by atoms with van der Waals surface area (Å²) in [5.41, 5.74) is 2.16. The van der Waals surface area contributed by atoms with Crippen molar-refractivity contribution in [1.29, 1.82) is 0 Å². The summed E-state index contributed by atoms with van der Waals surface area (Å²) in [7, 11) is 1.71. The normalized spacial score (nSPS) is 22.2. The summed E-state index contributed by atoms with van der Waals surface area (Å²) >= 11 is 2.06. The average molecular weight is 278 g/mol. The molecule has 1 aliphatic carbocycles. The molecule has 1 saturated heterocycles. The Morgan fingerprint density at radius 1 is 1.32 bits per heavy atom. The lowest BCUT2D eigenvalue weighted by Crippen LogP contribution is -2.13. The molecule has 3 rings (SSSR count). The molecule has 1 saturated carbocycles. The molecule has 19 heavy (non-hydrogen) atoms. The molecule has 0 amide bonds. The van der Waals surface area contributed by atoms with Gasteiger partial charge in [-0.05, 0) is 60.3 Å². The molecule has 2 nitrogen and oxygen atoms in total. The third kappa shape index (κ3) is 3.09. The van der Waals surface area contributed by atoms with Crippen LogP contribution in [0.15, 0.2) is 18.2 Å². The highest BCUT2D eigenvalue weighted by Crippen LogP contribution is 2.41. The van der Waals surface area contributed by atoms with E-state index in [-0.39, 0.29) is 0 Å². The third-order valence-electron chi connectivity index (χ3n) is 4.34. The first-order valence-electron chi connectivity index (χ1n) is 7.17. The number of thioether (sulfide) groups is 1. The number of hydrogen-bond acceptors (Lipinski definition) is 3. The van der Waals surface area contributed by atoms with Gasteiger partial charge in [-0.2, -0.15) is 11.8 Å². The molecule has 0 unspecified atom stereocenters. The number of rotatable bonds is 4. The molecule has 1 aromatic rings. The number of aliphatic hydroxyl groups is 1. The van der Waals surface area contributed by atoms with Crippen LogP contribution in [0.2, 0.25) is 0 Å². The van der Waals surface area contributed by atoms with Crippen LogP contribution in [0.3, 0.4) is 0 Å². The van der Waals surface area contributed by atoms with Gasteiger partial charge in [0, 0.05) is 6.42 Å². The van der Waals surface area contributed by atoms with Crippen molar-refractivity contribution in [1.82, 2.24) is 0 Å². The van der Waals surface area contributed by atoms with Crippen molar-refractivity contribution in [2.45, 2.75) is 43.6 Å². The highest BCUT2D eigenvalue weighted by Gasteiger charge is 2.40. The topological polar surface area (TPSA) is 29.5 Å². The fourth-order valence-corrected chi connectivity index (χ4v) is 4.00. The molecule has 1 heterocycles. The molecule has 0 radical (unpaired) electrons. The number of methoxy groups -OCH3 is 1. The van der Waals surface area contributed by atoms with Crippen molar-refractivity contribution in [3.05, 3.63) is 29.3 Å². The minimum atomic E-state index is -0.450. The van der Waals surface area contributed by atoms with Crippen LogP contribution in [0.1, 0.15) is 42.7 Å². The predicted octanol–water partition coefficient (Wildman–Crippen LogP) is 3.37. The Morgan fingerprint density at radius 2 is 2.05 bits per heavy atom. The van der Waals surface area contributed by atoms with Crippen molar-refractivity contribution in [3.63, 3.8) is 0 Å². The molecule has 2 fully saturated rings. The van der Waals surface area contributed by atoms with Crippen LogP contribution < -0.4 is 4.74 Å². The van der Waals surface area contributed by atoms with E-state index in [4.69, 9.17) is 4.74 Å². The largest absolute Gasteiger partial charge is 0.496 e. The van der Waals surface area contributed by atoms with Gasteiger partial charge in [0.1, 0.15) is 5.75 Å². The summed E-state index contributed by atoms with van der Waals surface area (Å²) in [4.78, 5) is 0. The fraction of sp³-hybridized carbons (Fsp3) is 0.625. The van der Waals surface area contributed by atoms with Gasteiger partial charge in [-0.15, -0.1) is 0 Å². The molecule has 0 spiro atoms. The number of ether oxygens (including phenoxy) is 1. The Morgan fingerprint density at radius 3 is 2.68 bits per heavy atom. The van der Waals surface area contributed by atoms with Gasteiger partial charge in [0.25, 0.3) is 0 Å². The van der Waals surface area contributed by atoms with Gasteiger partial charge in [0.05, 0.1) is 12.7 Å². The van der Waals surface area contributed by atoms with E-state index in [0.717, 1.165) is 25.0 Å². The van der Waals surface area contributed by atoms with E-state index in [9.17, 15) is 5.11 Å². The molecule has 0 aromatic heterocycles. The SMILES string of the molecule is COc1ccc(C2CCSCC2)cc1CC1(O)CC1. The standard InChI is InChI=1S/C16H22O2S/c1-18-15-3-2-13(12-4-8-19-9-5-12)10-14(15)11-16(17)6-7-16/h2-3,10,12,17H,4-9,11H2,1H3. The second-order valence-electron chi connectivity index (χ2n) is 5.86. The van der Waals surface area contributed by atoms with Crippen LogP contribution in [0, 0.1) is 0 Å². The Hall–Kier alpha value is -0.670. The van der Waals surface area contributed by atoms with Crippen molar-refractivity contribution in [2.24, 2.45) is 0 Å². The highest BCUT2D eigenvalue weighted by atomic mass is 32.2. The van der Waals surface area contributed by atoms with Gasteiger partial charge in [0.2, 0.25) is 0 Å². The van der Waals surface area contributed by atoms with Crippen molar-refractivity contribution < 1.29 is 9.84 Å². The van der Waals surface area contributed by atoms with E-state index in [1.54, 1.807) is 7.11 Å². The molecule has 104 valence electrons. The van der Waals surface area contributed by atoms with Crippen molar-refractivity contribution in [2.75, 3.05) is 18.6 Å². The van der Waals surface area contributed by atoms with E-state index < -0.39 is 5.60 Å². The monoisotopic (exact) mass is 278 g/mol. The van der Waals surface area contributed by atoms with E-state index in [1.807, 2.05) is 0 Å². The van der Waals surface area contributed by atoms with Gasteiger partial charge in [0.15, 0.2) is 0 Å². The number of hydrogen-bond donors (Lipinski definition) is 1. The summed E-state index contributed by atoms with van der Waals surface area (Å²) in [6.07, 6.45) is 5.16. The summed E-state index contributed by atoms with van der Waals surface area (Å²) in [6, 6.07) is 6.56. The Balaban J connectivity index is 1.83. The van der Waals surface area contributed by atoms with E-state index in [0.29, 0.717) is 5.92 Å². The first-order chi connectivity index (χ1) is 9.20. The molecule has 2 aliphatic rings. The zero-order valence-electron chi connectivity index (χ0n) is 11.5. The molecular weight excluding hydrogens is 256 g/mol. The summed E-state index contributed by atoms with van der Waals surface area (Å²) in [6.45, 7) is 0. The molecule has 3 heteroatoms. The van der Waals surface area contributed by atoms with Gasteiger partial charge in [-0.25, -0.2) is 0 Å². The lowest BCUT2D eigenvalue weighted by molar-refractivity contribution is 0.150. The van der Waals surface area contributed by atoms with Crippen LogP contribution in [0.25, 0.3) is 0 Å². The molecule has 0 atom stereocenters. The molecular formula is C16H22O2S. The second-order valence-corrected chi connectivity index (χ2v) is 7.08. The van der Waals surface area contributed by atoms with Crippen molar-refractivity contribution in [3.8, 4) is 5.75 Å². The zero-order chi connectivity index (χ0) is 13.3. The van der Waals surface area contributed by atoms with E-state index >= 15 is 0 Å². The van der Waals surface area contributed by atoms with Gasteiger partial charge in [-0.3, -0.25) is 0 Å². The van der Waals surface area contributed by atoms with E-state index in [2.05, 4.69) is 30.0 Å². The molecule has 1 aromatic carbocycles. The summed E-state index contributed by atoms with van der Waals surface area (Å²) in [5.74, 6) is 4.17. The van der Waals surface area contributed by atoms with Crippen LogP contribution >= 0.6 is 11.8 Å². The number of benzene rings is 1. The Labute approximate surface area is 119 Å². The van der Waals surface area contributed by atoms with E-state index in [1.165, 1.54) is 35.5 Å². The first-order valence-corrected chi connectivity index (χ1v) is 8.33. The Kier molecular flexibility index (Phi) is 3.77. The second kappa shape index (κ2) is 5.37. The molecule has 1 N–H and O–H groups in total. The predicted molar refractivity (Wildman–Crippen MR) is 80.2 cm³/mol. The molecule has 0 bridgehead atoms. The quantitative estimate of drug-likeness (QED) is 0.915. The smallest absolute Gasteiger partial charge is 0.122 e. The Bertz CT molecular complexity index is 448. The zero-order valence-corrected chi connectivity index (χ0v) is 12.3. The van der Waals surface area contributed by atoms with Gasteiger partial charge in [-0.1, -0.05) is 12.1 Å².